The summed E-state index contributed by atoms with van der Waals surface area (Å²) in [5.74, 6) is 0.680. The van der Waals surface area contributed by atoms with Crippen LogP contribution >= 0.6 is 0 Å². The van der Waals surface area contributed by atoms with Crippen LogP contribution in [0.3, 0.4) is 0 Å². The third-order valence-corrected chi connectivity index (χ3v) is 4.68. The van der Waals surface area contributed by atoms with Gasteiger partial charge in [0.2, 0.25) is 0 Å². The molecule has 1 N–H and O–H groups in total. The highest BCUT2D eigenvalue weighted by Crippen LogP contribution is 2.21. The van der Waals surface area contributed by atoms with Crippen molar-refractivity contribution in [2.24, 2.45) is 5.92 Å². The summed E-state index contributed by atoms with van der Waals surface area (Å²) in [6, 6.07) is 9.05. The largest absolute Gasteiger partial charge is 0.378 e. The lowest BCUT2D eigenvalue weighted by molar-refractivity contribution is 0.105. The Labute approximate surface area is 122 Å². The molecule has 2 aliphatic rings. The van der Waals surface area contributed by atoms with Crippen LogP contribution in [0.2, 0.25) is 0 Å². The fourth-order valence-corrected chi connectivity index (χ4v) is 3.25. The van der Waals surface area contributed by atoms with Crippen LogP contribution in [0.4, 0.5) is 5.69 Å². The minimum Gasteiger partial charge on any atom is -0.378 e. The van der Waals surface area contributed by atoms with E-state index in [2.05, 4.69) is 41.4 Å². The van der Waals surface area contributed by atoms with Gasteiger partial charge in [0, 0.05) is 38.5 Å². The van der Waals surface area contributed by atoms with Crippen LogP contribution in [0.25, 0.3) is 0 Å². The topological polar surface area (TPSA) is 24.5 Å². The summed E-state index contributed by atoms with van der Waals surface area (Å²) in [7, 11) is 0. The predicted octanol–water partition coefficient (Wildman–Crippen LogP) is 2.80. The van der Waals surface area contributed by atoms with Crippen molar-refractivity contribution in [3.05, 3.63) is 29.8 Å². The predicted molar refractivity (Wildman–Crippen MR) is 83.1 cm³/mol. The van der Waals surface area contributed by atoms with Gasteiger partial charge >= 0.3 is 0 Å². The van der Waals surface area contributed by atoms with Gasteiger partial charge in [-0.05, 0) is 49.8 Å². The highest BCUT2D eigenvalue weighted by Gasteiger charge is 2.23. The van der Waals surface area contributed by atoms with E-state index in [-0.39, 0.29) is 0 Å². The van der Waals surface area contributed by atoms with Crippen LogP contribution in [0, 0.1) is 5.92 Å². The number of benzene rings is 1. The molecule has 0 bridgehead atoms. The van der Waals surface area contributed by atoms with E-state index >= 15 is 0 Å². The normalized spacial score (nSPS) is 26.4. The summed E-state index contributed by atoms with van der Waals surface area (Å²) in [6.45, 7) is 7.58. The minimum absolute atomic E-state index is 0.417. The van der Waals surface area contributed by atoms with Crippen LogP contribution in [-0.4, -0.2) is 32.3 Å². The van der Waals surface area contributed by atoms with Gasteiger partial charge in [0.15, 0.2) is 0 Å². The molecule has 2 unspecified atom stereocenters. The molecule has 3 heteroatoms. The molecular formula is C17H26N2O. The zero-order valence-electron chi connectivity index (χ0n) is 12.5. The van der Waals surface area contributed by atoms with E-state index in [4.69, 9.17) is 4.74 Å². The first-order chi connectivity index (χ1) is 9.83. The van der Waals surface area contributed by atoms with Crippen LogP contribution in [-0.2, 0) is 11.3 Å². The molecule has 2 aliphatic heterocycles. The van der Waals surface area contributed by atoms with Gasteiger partial charge in [0.1, 0.15) is 0 Å². The summed E-state index contributed by atoms with van der Waals surface area (Å²) in [6.07, 6.45) is 4.29. The van der Waals surface area contributed by atoms with Crippen LogP contribution in [0.1, 0.15) is 31.7 Å². The van der Waals surface area contributed by atoms with Gasteiger partial charge in [-0.15, -0.1) is 0 Å². The average Bonchev–Trinajstić information content (AvgIpc) is 3.12. The Morgan fingerprint density at radius 1 is 1.20 bits per heavy atom. The van der Waals surface area contributed by atoms with E-state index in [1.165, 1.54) is 43.6 Å². The van der Waals surface area contributed by atoms with Gasteiger partial charge in [0.05, 0.1) is 6.10 Å². The molecule has 110 valence electrons. The van der Waals surface area contributed by atoms with Gasteiger partial charge in [-0.2, -0.15) is 0 Å². The van der Waals surface area contributed by atoms with Crippen molar-refractivity contribution in [1.29, 1.82) is 0 Å². The van der Waals surface area contributed by atoms with Crippen LogP contribution in [0.15, 0.2) is 24.3 Å². The highest BCUT2D eigenvalue weighted by atomic mass is 16.5. The first-order valence-electron chi connectivity index (χ1n) is 7.99. The van der Waals surface area contributed by atoms with Gasteiger partial charge < -0.3 is 15.0 Å². The van der Waals surface area contributed by atoms with E-state index in [1.54, 1.807) is 0 Å². The van der Waals surface area contributed by atoms with E-state index in [1.807, 2.05) is 0 Å². The zero-order valence-corrected chi connectivity index (χ0v) is 12.5. The molecule has 2 saturated heterocycles. The smallest absolute Gasteiger partial charge is 0.0588 e. The van der Waals surface area contributed by atoms with Crippen LogP contribution in [0.5, 0.6) is 0 Å². The fourth-order valence-electron chi connectivity index (χ4n) is 3.25. The fraction of sp³-hybridized carbons (Fsp3) is 0.647. The standard InChI is InChI=1S/C17H26N2O/c1-14-16(8-11-20-14)13-18-12-15-4-6-17(7-5-15)19-9-2-3-10-19/h4-7,14,16,18H,2-3,8-13H2,1H3. The molecule has 0 aromatic heterocycles. The lowest BCUT2D eigenvalue weighted by Gasteiger charge is -2.18. The Hall–Kier alpha value is -1.06. The maximum absolute atomic E-state index is 5.60. The maximum Gasteiger partial charge on any atom is 0.0588 e. The summed E-state index contributed by atoms with van der Waals surface area (Å²) in [4.78, 5) is 2.48. The van der Waals surface area contributed by atoms with Crippen molar-refractivity contribution in [1.82, 2.24) is 5.32 Å². The van der Waals surface area contributed by atoms with Crippen molar-refractivity contribution >= 4 is 5.69 Å². The molecule has 3 nitrogen and oxygen atoms in total. The zero-order chi connectivity index (χ0) is 13.8. The quantitative estimate of drug-likeness (QED) is 0.893. The van der Waals surface area contributed by atoms with Crippen molar-refractivity contribution in [3.8, 4) is 0 Å². The second-order valence-electron chi connectivity index (χ2n) is 6.12. The van der Waals surface area contributed by atoms with E-state index in [0.717, 1.165) is 19.7 Å². The van der Waals surface area contributed by atoms with E-state index < -0.39 is 0 Å². The second-order valence-corrected chi connectivity index (χ2v) is 6.12. The Kier molecular flexibility index (Phi) is 4.58. The summed E-state index contributed by atoms with van der Waals surface area (Å²) >= 11 is 0. The van der Waals surface area contributed by atoms with Gasteiger partial charge in [-0.1, -0.05) is 12.1 Å². The molecule has 1 aromatic rings. The molecule has 1 aromatic carbocycles. The van der Waals surface area contributed by atoms with E-state index in [0.29, 0.717) is 12.0 Å². The van der Waals surface area contributed by atoms with Crippen LogP contribution < -0.4 is 10.2 Å². The average molecular weight is 274 g/mol. The van der Waals surface area contributed by atoms with Gasteiger partial charge in [-0.3, -0.25) is 0 Å². The lowest BCUT2D eigenvalue weighted by atomic mass is 10.0. The molecule has 0 saturated carbocycles. The maximum atomic E-state index is 5.60. The van der Waals surface area contributed by atoms with Crippen molar-refractivity contribution in [2.45, 2.75) is 38.8 Å². The number of ether oxygens (including phenoxy) is 1. The molecule has 0 spiro atoms. The molecule has 0 radical (unpaired) electrons. The molecule has 20 heavy (non-hydrogen) atoms. The summed E-state index contributed by atoms with van der Waals surface area (Å²) in [5, 5.41) is 3.57. The Balaban J connectivity index is 1.45. The Morgan fingerprint density at radius 3 is 2.60 bits per heavy atom. The number of nitrogens with one attached hydrogen (secondary N) is 1. The molecule has 2 fully saturated rings. The Morgan fingerprint density at radius 2 is 1.95 bits per heavy atom. The molecule has 3 rings (SSSR count). The molecule has 0 amide bonds. The number of nitrogens with zero attached hydrogens (tertiary/aromatic N) is 1. The van der Waals surface area contributed by atoms with Crippen molar-refractivity contribution in [2.75, 3.05) is 31.1 Å². The number of hydrogen-bond donors (Lipinski definition) is 1. The molecule has 2 heterocycles. The highest BCUT2D eigenvalue weighted by molar-refractivity contribution is 5.48. The first kappa shape index (κ1) is 13.9. The minimum atomic E-state index is 0.417. The second kappa shape index (κ2) is 6.59. The van der Waals surface area contributed by atoms with Crippen molar-refractivity contribution < 1.29 is 4.74 Å². The Bertz CT molecular complexity index is 412. The molecule has 0 aliphatic carbocycles. The lowest BCUT2D eigenvalue weighted by Crippen LogP contribution is -2.26. The number of anilines is 1. The number of hydrogen-bond acceptors (Lipinski definition) is 3. The third-order valence-electron chi connectivity index (χ3n) is 4.68. The summed E-state index contributed by atoms with van der Waals surface area (Å²) < 4.78 is 5.60. The van der Waals surface area contributed by atoms with Crippen molar-refractivity contribution in [3.63, 3.8) is 0 Å². The molecule has 2 atom stereocenters. The van der Waals surface area contributed by atoms with Gasteiger partial charge in [-0.25, -0.2) is 0 Å². The SMILES string of the molecule is CC1OCCC1CNCc1ccc(N2CCCC2)cc1. The van der Waals surface area contributed by atoms with E-state index in [9.17, 15) is 0 Å². The summed E-state index contributed by atoms with van der Waals surface area (Å²) in [5.41, 5.74) is 2.75. The van der Waals surface area contributed by atoms with Gasteiger partial charge in [0.25, 0.3) is 0 Å². The first-order valence-corrected chi connectivity index (χ1v) is 7.99. The monoisotopic (exact) mass is 274 g/mol. The third kappa shape index (κ3) is 3.33. The number of rotatable bonds is 5. The molecular weight excluding hydrogens is 248 g/mol.